The third-order valence-electron chi connectivity index (χ3n) is 5.27. The van der Waals surface area contributed by atoms with E-state index in [1.807, 2.05) is 55.2 Å². The molecule has 158 valence electrons. The minimum atomic E-state index is -0.203. The van der Waals surface area contributed by atoms with Crippen LogP contribution in [0.1, 0.15) is 32.7 Å². The molecule has 0 unspecified atom stereocenters. The van der Waals surface area contributed by atoms with Gasteiger partial charge in [0.05, 0.1) is 19.3 Å². The maximum Gasteiger partial charge on any atom is 0.223 e. The average Bonchev–Trinajstić information content (AvgIpc) is 2.74. The van der Waals surface area contributed by atoms with Gasteiger partial charge in [0.25, 0.3) is 0 Å². The largest absolute Gasteiger partial charge is 0.496 e. The summed E-state index contributed by atoms with van der Waals surface area (Å²) in [6.07, 6.45) is 3.64. The van der Waals surface area contributed by atoms with Crippen LogP contribution in [0.25, 0.3) is 6.08 Å². The predicted molar refractivity (Wildman–Crippen MR) is 122 cm³/mol. The van der Waals surface area contributed by atoms with Crippen molar-refractivity contribution in [2.24, 2.45) is 0 Å². The van der Waals surface area contributed by atoms with Crippen LogP contribution in [0.3, 0.4) is 0 Å². The lowest BCUT2D eigenvalue weighted by Gasteiger charge is -2.31. The monoisotopic (exact) mass is 435 g/mol. The van der Waals surface area contributed by atoms with E-state index in [1.165, 1.54) is 0 Å². The Labute approximate surface area is 185 Å². The lowest BCUT2D eigenvalue weighted by atomic mass is 9.97. The number of carbonyl (C=O) groups excluding carboxylic acids is 1. The lowest BCUT2D eigenvalue weighted by molar-refractivity contribution is 0.103. The number of nitrogen functional groups attached to an aromatic ring is 1. The summed E-state index contributed by atoms with van der Waals surface area (Å²) in [5, 5.41) is 0.0438. The van der Waals surface area contributed by atoms with Gasteiger partial charge in [-0.15, -0.1) is 0 Å². The molecule has 8 heteroatoms. The molecule has 0 saturated carbocycles. The van der Waals surface area contributed by atoms with Crippen molar-refractivity contribution >= 4 is 35.2 Å². The predicted octanol–water partition coefficient (Wildman–Crippen LogP) is 4.02. The Morgan fingerprint density at radius 3 is 2.68 bits per heavy atom. The summed E-state index contributed by atoms with van der Waals surface area (Å²) in [4.78, 5) is 28.1. The molecule has 0 radical (unpaired) electrons. The van der Waals surface area contributed by atoms with E-state index < -0.39 is 0 Å². The van der Waals surface area contributed by atoms with E-state index in [9.17, 15) is 4.79 Å². The zero-order valence-electron chi connectivity index (χ0n) is 17.5. The minimum absolute atomic E-state index is 0.0169. The van der Waals surface area contributed by atoms with Gasteiger partial charge in [0.2, 0.25) is 5.95 Å². The highest BCUT2D eigenvalue weighted by Gasteiger charge is 2.32. The topological polar surface area (TPSA) is 94.2 Å². The molecule has 1 aliphatic heterocycles. The van der Waals surface area contributed by atoms with Crippen molar-refractivity contribution in [1.82, 2.24) is 15.0 Å². The zero-order chi connectivity index (χ0) is 22.1. The van der Waals surface area contributed by atoms with Gasteiger partial charge in [0.15, 0.2) is 5.78 Å². The average molecular weight is 436 g/mol. The van der Waals surface area contributed by atoms with Crippen LogP contribution in [0, 0.1) is 13.8 Å². The van der Waals surface area contributed by atoms with Gasteiger partial charge in [0.1, 0.15) is 22.3 Å². The molecule has 2 aromatic heterocycles. The molecule has 31 heavy (non-hydrogen) atoms. The second-order valence-corrected chi connectivity index (χ2v) is 7.74. The Morgan fingerprint density at radius 1 is 1.23 bits per heavy atom. The van der Waals surface area contributed by atoms with Crippen LogP contribution in [0.4, 0.5) is 11.8 Å². The van der Waals surface area contributed by atoms with Crippen LogP contribution >= 0.6 is 11.6 Å². The SMILES string of the molecule is COc1c(C)cnc(CN2C/C(=C\c3ccccc3)C(=O)c3c(Cl)nc(N)nc32)c1C. The molecular weight excluding hydrogens is 414 g/mol. The van der Waals surface area contributed by atoms with E-state index in [1.54, 1.807) is 13.3 Å². The second-order valence-electron chi connectivity index (χ2n) is 7.38. The number of ether oxygens (including phenoxy) is 1. The van der Waals surface area contributed by atoms with Crippen molar-refractivity contribution in [2.45, 2.75) is 20.4 Å². The first-order chi connectivity index (χ1) is 14.9. The second kappa shape index (κ2) is 8.35. The summed E-state index contributed by atoms with van der Waals surface area (Å²) in [5.41, 5.74) is 10.3. The molecule has 0 saturated heterocycles. The maximum atomic E-state index is 13.2. The minimum Gasteiger partial charge on any atom is -0.496 e. The van der Waals surface area contributed by atoms with Gasteiger partial charge in [0, 0.05) is 29.4 Å². The molecule has 3 heterocycles. The molecule has 1 aliphatic rings. The van der Waals surface area contributed by atoms with Gasteiger partial charge in [-0.3, -0.25) is 9.78 Å². The first kappa shape index (κ1) is 20.8. The molecule has 1 aromatic carbocycles. The number of fused-ring (bicyclic) bond motifs is 1. The fourth-order valence-corrected chi connectivity index (χ4v) is 4.04. The summed E-state index contributed by atoms with van der Waals surface area (Å²) in [5.74, 6) is 1.02. The molecule has 7 nitrogen and oxygen atoms in total. The number of ketones is 1. The van der Waals surface area contributed by atoms with Crippen molar-refractivity contribution in [3.63, 3.8) is 0 Å². The molecule has 4 rings (SSSR count). The Balaban J connectivity index is 1.81. The molecule has 0 fully saturated rings. The number of hydrogen-bond donors (Lipinski definition) is 1. The van der Waals surface area contributed by atoms with Crippen molar-refractivity contribution in [1.29, 1.82) is 0 Å². The molecular formula is C23H22ClN5O2. The van der Waals surface area contributed by atoms with E-state index in [0.717, 1.165) is 28.1 Å². The standard InChI is InChI=1S/C23H22ClN5O2/c1-13-10-26-17(14(2)20(13)31-3)12-29-11-16(9-15-7-5-4-6-8-15)19(30)18-21(24)27-23(25)28-22(18)29/h4-10H,11-12H2,1-3H3,(H2,25,27,28)/b16-9+. The van der Waals surface area contributed by atoms with Gasteiger partial charge < -0.3 is 15.4 Å². The van der Waals surface area contributed by atoms with Gasteiger partial charge >= 0.3 is 0 Å². The van der Waals surface area contributed by atoms with Gasteiger partial charge in [-0.1, -0.05) is 41.9 Å². The van der Waals surface area contributed by atoms with Crippen LogP contribution in [0.2, 0.25) is 5.15 Å². The fourth-order valence-electron chi connectivity index (χ4n) is 3.78. The summed E-state index contributed by atoms with van der Waals surface area (Å²) in [6.45, 7) is 4.66. The summed E-state index contributed by atoms with van der Waals surface area (Å²) < 4.78 is 5.54. The highest BCUT2D eigenvalue weighted by atomic mass is 35.5. The number of aryl methyl sites for hydroxylation is 1. The number of nitrogens with zero attached hydrogens (tertiary/aromatic N) is 4. The molecule has 0 bridgehead atoms. The van der Waals surface area contributed by atoms with Crippen LogP contribution in [0.5, 0.6) is 5.75 Å². The highest BCUT2D eigenvalue weighted by molar-refractivity contribution is 6.35. The number of pyridine rings is 1. The summed E-state index contributed by atoms with van der Waals surface area (Å²) in [7, 11) is 1.64. The number of methoxy groups -OCH3 is 1. The Morgan fingerprint density at radius 2 is 1.97 bits per heavy atom. The molecule has 3 aromatic rings. The number of aromatic nitrogens is 3. The van der Waals surface area contributed by atoms with Gasteiger partial charge in [-0.25, -0.2) is 4.98 Å². The summed E-state index contributed by atoms with van der Waals surface area (Å²) >= 11 is 6.34. The van der Waals surface area contributed by atoms with E-state index in [-0.39, 0.29) is 22.4 Å². The molecule has 0 aliphatic carbocycles. The van der Waals surface area contributed by atoms with Gasteiger partial charge in [-0.2, -0.15) is 4.98 Å². The number of carbonyl (C=O) groups is 1. The number of anilines is 2. The third kappa shape index (κ3) is 3.96. The number of benzene rings is 1. The third-order valence-corrected chi connectivity index (χ3v) is 5.55. The van der Waals surface area contributed by atoms with E-state index in [2.05, 4.69) is 15.0 Å². The van der Waals surface area contributed by atoms with Crippen LogP contribution < -0.4 is 15.4 Å². The first-order valence-corrected chi connectivity index (χ1v) is 10.1. The number of halogens is 1. The van der Waals surface area contributed by atoms with Crippen molar-refractivity contribution in [3.8, 4) is 5.75 Å². The molecule has 0 atom stereocenters. The molecule has 2 N–H and O–H groups in total. The smallest absolute Gasteiger partial charge is 0.223 e. The summed E-state index contributed by atoms with van der Waals surface area (Å²) in [6, 6.07) is 9.66. The number of nitrogens with two attached hydrogens (primary N) is 1. The first-order valence-electron chi connectivity index (χ1n) is 9.76. The Kier molecular flexibility index (Phi) is 5.61. The Bertz CT molecular complexity index is 1190. The normalized spacial score (nSPS) is 14.6. The van der Waals surface area contributed by atoms with Crippen molar-refractivity contribution in [3.05, 3.63) is 75.2 Å². The van der Waals surface area contributed by atoms with Crippen LogP contribution in [-0.4, -0.2) is 34.4 Å². The molecule has 0 spiro atoms. The van der Waals surface area contributed by atoms with Gasteiger partial charge in [-0.05, 0) is 25.5 Å². The number of rotatable bonds is 4. The fraction of sp³-hybridized carbons (Fsp3) is 0.217. The maximum absolute atomic E-state index is 13.2. The Hall–Kier alpha value is -3.45. The van der Waals surface area contributed by atoms with E-state index in [4.69, 9.17) is 22.1 Å². The quantitative estimate of drug-likeness (QED) is 0.488. The number of Topliss-reactive ketones (excluding diaryl/α,β-unsaturated/α-hetero) is 1. The van der Waals surface area contributed by atoms with Crippen molar-refractivity contribution < 1.29 is 9.53 Å². The van der Waals surface area contributed by atoms with E-state index >= 15 is 0 Å². The number of hydrogen-bond acceptors (Lipinski definition) is 7. The van der Waals surface area contributed by atoms with Crippen molar-refractivity contribution in [2.75, 3.05) is 24.3 Å². The lowest BCUT2D eigenvalue weighted by Crippen LogP contribution is -2.35. The van der Waals surface area contributed by atoms with E-state index in [0.29, 0.717) is 24.5 Å². The molecule has 0 amide bonds. The zero-order valence-corrected chi connectivity index (χ0v) is 18.3. The van der Waals surface area contributed by atoms with Crippen LogP contribution in [0.15, 0.2) is 42.1 Å². The van der Waals surface area contributed by atoms with Crippen LogP contribution in [-0.2, 0) is 6.54 Å². The highest BCUT2D eigenvalue weighted by Crippen LogP contribution is 2.35.